The van der Waals surface area contributed by atoms with Crippen molar-refractivity contribution in [1.82, 2.24) is 4.90 Å². The molecule has 0 radical (unpaired) electrons. The van der Waals surface area contributed by atoms with E-state index in [1.807, 2.05) is 4.90 Å². The van der Waals surface area contributed by atoms with Crippen molar-refractivity contribution >= 4 is 5.78 Å². The Balaban J connectivity index is 1.97. The number of likely N-dealkylation sites (tertiary alicyclic amines) is 1. The fraction of sp³-hybridized carbons (Fsp3) is 0.462. The summed E-state index contributed by atoms with van der Waals surface area (Å²) in [6, 6.07) is 5.94. The molecule has 1 aromatic carbocycles. The zero-order valence-corrected chi connectivity index (χ0v) is 10.2. The molecule has 104 valence electrons. The molecule has 1 aromatic rings. The van der Waals surface area contributed by atoms with Crippen LogP contribution in [0.25, 0.3) is 0 Å². The van der Waals surface area contributed by atoms with Gasteiger partial charge in [-0.05, 0) is 17.7 Å². The first kappa shape index (κ1) is 13.9. The number of alkyl halides is 3. The standard InChI is InChI=1S/C13H14F3NO2/c14-13(15,16)19-12-3-1-2-10(8-12)9-17-6-4-11(18)5-7-17/h1-3,8H,4-7,9H2. The number of Topliss-reactive ketones (excluding diaryl/α,β-unsaturated/α-hetero) is 1. The van der Waals surface area contributed by atoms with Crippen LogP contribution in [0.3, 0.4) is 0 Å². The minimum atomic E-state index is -4.67. The maximum absolute atomic E-state index is 12.1. The molecule has 0 spiro atoms. The van der Waals surface area contributed by atoms with Crippen LogP contribution in [0.2, 0.25) is 0 Å². The number of carbonyl (C=O) groups excluding carboxylic acids is 1. The normalized spacial score (nSPS) is 17.5. The predicted octanol–water partition coefficient (Wildman–Crippen LogP) is 2.75. The molecular formula is C13H14F3NO2. The maximum Gasteiger partial charge on any atom is 0.573 e. The molecular weight excluding hydrogens is 259 g/mol. The number of halogens is 3. The number of hydrogen-bond donors (Lipinski definition) is 0. The van der Waals surface area contributed by atoms with Gasteiger partial charge in [-0.2, -0.15) is 0 Å². The molecule has 0 unspecified atom stereocenters. The second-order valence-corrected chi connectivity index (χ2v) is 4.51. The van der Waals surface area contributed by atoms with Crippen LogP contribution in [0.5, 0.6) is 5.75 Å². The Morgan fingerprint density at radius 2 is 1.89 bits per heavy atom. The number of benzene rings is 1. The molecule has 3 nitrogen and oxygen atoms in total. The van der Waals surface area contributed by atoms with Crippen molar-refractivity contribution in [3.8, 4) is 5.75 Å². The molecule has 0 saturated carbocycles. The van der Waals surface area contributed by atoms with Gasteiger partial charge in [-0.1, -0.05) is 12.1 Å². The monoisotopic (exact) mass is 273 g/mol. The Morgan fingerprint density at radius 1 is 1.21 bits per heavy atom. The second kappa shape index (κ2) is 5.61. The van der Waals surface area contributed by atoms with E-state index in [1.54, 1.807) is 6.07 Å². The SMILES string of the molecule is O=C1CCN(Cc2cccc(OC(F)(F)F)c2)CC1. The molecule has 6 heteroatoms. The van der Waals surface area contributed by atoms with E-state index >= 15 is 0 Å². The molecule has 0 aliphatic carbocycles. The summed E-state index contributed by atoms with van der Waals surface area (Å²) in [6.07, 6.45) is -3.65. The lowest BCUT2D eigenvalue weighted by atomic mass is 10.1. The van der Waals surface area contributed by atoms with Crippen LogP contribution in [-0.2, 0) is 11.3 Å². The topological polar surface area (TPSA) is 29.5 Å². The summed E-state index contributed by atoms with van der Waals surface area (Å²) < 4.78 is 40.2. The second-order valence-electron chi connectivity index (χ2n) is 4.51. The zero-order chi connectivity index (χ0) is 13.9. The molecule has 1 fully saturated rings. The largest absolute Gasteiger partial charge is 0.573 e. The zero-order valence-electron chi connectivity index (χ0n) is 10.2. The van der Waals surface area contributed by atoms with Gasteiger partial charge in [0.15, 0.2) is 0 Å². The highest BCUT2D eigenvalue weighted by Gasteiger charge is 2.31. The Morgan fingerprint density at radius 3 is 2.53 bits per heavy atom. The van der Waals surface area contributed by atoms with Crippen molar-refractivity contribution in [3.63, 3.8) is 0 Å². The molecule has 2 rings (SSSR count). The molecule has 0 amide bonds. The third kappa shape index (κ3) is 4.55. The summed E-state index contributed by atoms with van der Waals surface area (Å²) in [5, 5.41) is 0. The number of carbonyl (C=O) groups is 1. The summed E-state index contributed by atoms with van der Waals surface area (Å²) >= 11 is 0. The molecule has 1 saturated heterocycles. The summed E-state index contributed by atoms with van der Waals surface area (Å²) in [7, 11) is 0. The van der Waals surface area contributed by atoms with E-state index in [-0.39, 0.29) is 11.5 Å². The minimum Gasteiger partial charge on any atom is -0.406 e. The highest BCUT2D eigenvalue weighted by Crippen LogP contribution is 2.24. The van der Waals surface area contributed by atoms with Crippen molar-refractivity contribution in [2.45, 2.75) is 25.7 Å². The fourth-order valence-electron chi connectivity index (χ4n) is 2.06. The average molecular weight is 273 g/mol. The molecule has 1 aliphatic rings. The van der Waals surface area contributed by atoms with Crippen LogP contribution in [0.15, 0.2) is 24.3 Å². The summed E-state index contributed by atoms with van der Waals surface area (Å²) in [5.74, 6) is 0.0310. The number of hydrogen-bond acceptors (Lipinski definition) is 3. The van der Waals surface area contributed by atoms with Gasteiger partial charge in [0.2, 0.25) is 0 Å². The van der Waals surface area contributed by atoms with E-state index in [4.69, 9.17) is 0 Å². The summed E-state index contributed by atoms with van der Waals surface area (Å²) in [4.78, 5) is 13.1. The van der Waals surface area contributed by atoms with Gasteiger partial charge in [-0.25, -0.2) is 0 Å². The molecule has 0 aromatic heterocycles. The van der Waals surface area contributed by atoms with Gasteiger partial charge in [0.05, 0.1) is 0 Å². The van der Waals surface area contributed by atoms with Crippen molar-refractivity contribution in [2.24, 2.45) is 0 Å². The summed E-state index contributed by atoms with van der Waals surface area (Å²) in [5.41, 5.74) is 0.746. The molecule has 0 atom stereocenters. The lowest BCUT2D eigenvalue weighted by Gasteiger charge is -2.25. The highest BCUT2D eigenvalue weighted by atomic mass is 19.4. The van der Waals surface area contributed by atoms with Gasteiger partial charge in [0.1, 0.15) is 11.5 Å². The molecule has 1 heterocycles. The van der Waals surface area contributed by atoms with Crippen LogP contribution in [0.4, 0.5) is 13.2 Å². The molecule has 1 aliphatic heterocycles. The Labute approximate surface area is 109 Å². The van der Waals surface area contributed by atoms with E-state index in [9.17, 15) is 18.0 Å². The van der Waals surface area contributed by atoms with E-state index in [2.05, 4.69) is 4.74 Å². The van der Waals surface area contributed by atoms with Crippen molar-refractivity contribution < 1.29 is 22.7 Å². The number of nitrogens with zero attached hydrogens (tertiary/aromatic N) is 1. The van der Waals surface area contributed by atoms with Crippen molar-refractivity contribution in [2.75, 3.05) is 13.1 Å². The van der Waals surface area contributed by atoms with Gasteiger partial charge in [-0.3, -0.25) is 9.69 Å². The van der Waals surface area contributed by atoms with E-state index in [0.717, 1.165) is 5.56 Å². The van der Waals surface area contributed by atoms with Crippen molar-refractivity contribution in [3.05, 3.63) is 29.8 Å². The lowest BCUT2D eigenvalue weighted by molar-refractivity contribution is -0.274. The van der Waals surface area contributed by atoms with Crippen LogP contribution >= 0.6 is 0 Å². The fourth-order valence-corrected chi connectivity index (χ4v) is 2.06. The van der Waals surface area contributed by atoms with Gasteiger partial charge in [-0.15, -0.1) is 13.2 Å². The summed E-state index contributed by atoms with van der Waals surface area (Å²) in [6.45, 7) is 1.84. The van der Waals surface area contributed by atoms with Crippen LogP contribution in [0.1, 0.15) is 18.4 Å². The van der Waals surface area contributed by atoms with Crippen LogP contribution in [0, 0.1) is 0 Å². The third-order valence-corrected chi connectivity index (χ3v) is 2.95. The number of piperidine rings is 1. The lowest BCUT2D eigenvalue weighted by Crippen LogP contribution is -2.33. The van der Waals surface area contributed by atoms with E-state index < -0.39 is 6.36 Å². The predicted molar refractivity (Wildman–Crippen MR) is 62.6 cm³/mol. The highest BCUT2D eigenvalue weighted by molar-refractivity contribution is 5.79. The van der Waals surface area contributed by atoms with Gasteiger partial charge in [0.25, 0.3) is 0 Å². The first-order valence-corrected chi connectivity index (χ1v) is 6.01. The number of ketones is 1. The van der Waals surface area contributed by atoms with Gasteiger partial charge >= 0.3 is 6.36 Å². The van der Waals surface area contributed by atoms with Gasteiger partial charge < -0.3 is 4.74 Å². The Kier molecular flexibility index (Phi) is 4.09. The smallest absolute Gasteiger partial charge is 0.406 e. The first-order chi connectivity index (χ1) is 8.92. The Bertz CT molecular complexity index is 449. The average Bonchev–Trinajstić information content (AvgIpc) is 2.30. The number of rotatable bonds is 3. The first-order valence-electron chi connectivity index (χ1n) is 6.01. The van der Waals surface area contributed by atoms with E-state index in [1.165, 1.54) is 18.2 Å². The van der Waals surface area contributed by atoms with Crippen LogP contribution in [-0.4, -0.2) is 30.1 Å². The van der Waals surface area contributed by atoms with Crippen molar-refractivity contribution in [1.29, 1.82) is 0 Å². The Hall–Kier alpha value is -1.56. The molecule has 19 heavy (non-hydrogen) atoms. The number of ether oxygens (including phenoxy) is 1. The van der Waals surface area contributed by atoms with Crippen LogP contribution < -0.4 is 4.74 Å². The van der Waals surface area contributed by atoms with E-state index in [0.29, 0.717) is 32.5 Å². The molecule has 0 N–H and O–H groups in total. The third-order valence-electron chi connectivity index (χ3n) is 2.95. The molecule has 0 bridgehead atoms. The quantitative estimate of drug-likeness (QED) is 0.848. The van der Waals surface area contributed by atoms with Gasteiger partial charge in [0, 0.05) is 32.5 Å². The maximum atomic E-state index is 12.1. The minimum absolute atomic E-state index is 0.210.